The molecule has 2 aliphatic heterocycles. The van der Waals surface area contributed by atoms with E-state index in [0.29, 0.717) is 55.4 Å². The number of esters is 1. The second-order valence-electron chi connectivity index (χ2n) is 32.2. The van der Waals surface area contributed by atoms with Crippen LogP contribution in [0.2, 0.25) is 0 Å². The first-order chi connectivity index (χ1) is 47.9. The van der Waals surface area contributed by atoms with Gasteiger partial charge in [-0.1, -0.05) is 66.5 Å². The van der Waals surface area contributed by atoms with Gasteiger partial charge in [0.1, 0.15) is 29.3 Å². The van der Waals surface area contributed by atoms with Crippen LogP contribution in [0.15, 0.2) is 86.2 Å². The Morgan fingerprint density at radius 3 is 1.40 bits per heavy atom. The van der Waals surface area contributed by atoms with Gasteiger partial charge < -0.3 is 44.3 Å². The van der Waals surface area contributed by atoms with Crippen LogP contribution < -0.4 is 34.1 Å². The van der Waals surface area contributed by atoms with E-state index in [1.807, 2.05) is 91.8 Å². The number of hydrogen-bond donors (Lipinski definition) is 4. The molecule has 24 nitrogen and oxygen atoms in total. The summed E-state index contributed by atoms with van der Waals surface area (Å²) in [6.07, 6.45) is 15.3. The standard InChI is InChI=1S/C39H51N3O9S.C31H40N4O7S.C6H12O/c1-7-25-21-39(25,36(46)41-52(47,48)28-11-12-28)22-32(43)31-19-27(50-34-29-13-10-26(49-6)18-24(29)14-17-40-34)23-42(31)35(45)30(37(2,3)4)20-33(44)51-38(5)15-8-9-16-38;1-6-19-15-31(19,29(38)34-43(39,40)22-8-9-22)16-25(36)24-14-21(17-35(24)28(37)26(32)30(2,3)4)42-27-23-10-7-20(41-5)13-18(23)11-12-33-27;1-6(7)4-2-3-5-6/h7,10,13-14,17-18,25,27-28,30-31H,1,8-9,11-12,15-16,19-23H2,2-6H3,(H,41,46);6-7,10-13,19,21-22,24,26H,1,8-9,14-17,32H2,2-5H3,(H,34,38);7H,2-5H2,1H3/t25-,27-,30-,31+,39-;19-,21-,24+,26-,31-;/m11./s1. The van der Waals surface area contributed by atoms with Crippen molar-refractivity contribution in [2.75, 3.05) is 27.3 Å². The minimum Gasteiger partial charge on any atom is -0.497 e. The number of allylic oxidation sites excluding steroid dienone is 2. The molecule has 8 fully saturated rings. The number of ether oxygens (including phenoxy) is 5. The Hall–Kier alpha value is -7.55. The maximum atomic E-state index is 14.7. The van der Waals surface area contributed by atoms with Crippen molar-refractivity contribution in [2.45, 2.75) is 229 Å². The summed E-state index contributed by atoms with van der Waals surface area (Å²) in [6.45, 7) is 22.8. The van der Waals surface area contributed by atoms with Crippen LogP contribution in [0.4, 0.5) is 0 Å². The smallest absolute Gasteiger partial charge is 0.307 e. The van der Waals surface area contributed by atoms with Crippen molar-refractivity contribution in [1.82, 2.24) is 29.2 Å². The van der Waals surface area contributed by atoms with E-state index >= 15 is 0 Å². The Kier molecular flexibility index (Phi) is 22.6. The highest BCUT2D eigenvalue weighted by Gasteiger charge is 2.63. The number of benzene rings is 2. The van der Waals surface area contributed by atoms with E-state index in [9.17, 15) is 55.5 Å². The van der Waals surface area contributed by atoms with Crippen LogP contribution in [0.25, 0.3) is 21.5 Å². The zero-order valence-corrected chi connectivity index (χ0v) is 62.3. The zero-order chi connectivity index (χ0) is 74.3. The number of carbonyl (C=O) groups is 7. The fourth-order valence-electron chi connectivity index (χ4n) is 14.9. The predicted molar refractivity (Wildman–Crippen MR) is 384 cm³/mol. The van der Waals surface area contributed by atoms with Crippen LogP contribution in [-0.4, -0.2) is 162 Å². The molecule has 5 N–H and O–H groups in total. The lowest BCUT2D eigenvalue weighted by Crippen LogP contribution is -2.53. The molecule has 102 heavy (non-hydrogen) atoms. The molecule has 4 amide bonds. The second-order valence-corrected chi connectivity index (χ2v) is 36.1. The highest BCUT2D eigenvalue weighted by atomic mass is 32.2. The minimum atomic E-state index is -3.85. The van der Waals surface area contributed by atoms with Gasteiger partial charge in [-0.3, -0.25) is 43.0 Å². The number of nitrogens with two attached hydrogens (primary N) is 1. The van der Waals surface area contributed by atoms with Gasteiger partial charge in [-0.25, -0.2) is 26.8 Å². The molecule has 4 heterocycles. The topological polar surface area (TPSA) is 336 Å². The van der Waals surface area contributed by atoms with E-state index in [0.717, 1.165) is 60.1 Å². The van der Waals surface area contributed by atoms with E-state index in [1.165, 1.54) is 22.6 Å². The van der Waals surface area contributed by atoms with Gasteiger partial charge in [0.25, 0.3) is 0 Å². The summed E-state index contributed by atoms with van der Waals surface area (Å²) < 4.78 is 84.3. The van der Waals surface area contributed by atoms with Gasteiger partial charge in [0.2, 0.25) is 55.4 Å². The Balaban J connectivity index is 0.000000203. The number of amides is 4. The molecule has 556 valence electrons. The summed E-state index contributed by atoms with van der Waals surface area (Å²) in [5.74, 6) is -2.87. The van der Waals surface area contributed by atoms with Gasteiger partial charge in [-0.05, 0) is 173 Å². The molecule has 12 rings (SSSR count). The van der Waals surface area contributed by atoms with E-state index in [1.54, 1.807) is 50.9 Å². The molecule has 6 aliphatic carbocycles. The number of likely N-dealkylation sites (tertiary alicyclic amines) is 2. The fourth-order valence-corrected chi connectivity index (χ4v) is 17.6. The maximum Gasteiger partial charge on any atom is 0.307 e. The van der Waals surface area contributed by atoms with Gasteiger partial charge in [0.15, 0.2) is 11.6 Å². The van der Waals surface area contributed by atoms with E-state index < -0.39 is 124 Å². The van der Waals surface area contributed by atoms with Gasteiger partial charge >= 0.3 is 5.97 Å². The number of pyridine rings is 2. The minimum absolute atomic E-state index is 0.0446. The third kappa shape index (κ3) is 17.6. The molecular formula is C76H103N7O17S2. The van der Waals surface area contributed by atoms with Crippen LogP contribution in [0, 0.1) is 39.4 Å². The first-order valence-electron chi connectivity index (χ1n) is 35.8. The average molecular weight is 1450 g/mol. The van der Waals surface area contributed by atoms with Crippen molar-refractivity contribution in [1.29, 1.82) is 0 Å². The number of nitrogens with one attached hydrogen (secondary N) is 2. The Morgan fingerprint density at radius 2 is 1.05 bits per heavy atom. The van der Waals surface area contributed by atoms with E-state index in [2.05, 4.69) is 32.6 Å². The number of rotatable bonds is 25. The lowest BCUT2D eigenvalue weighted by molar-refractivity contribution is -0.163. The SMILES string of the molecule is C=C[C@@H]1C[C@]1(CC(=O)[C@@H]1C[C@@H](Oc2nccc3cc(OC)ccc23)CN1C(=O)[C@@H](CC(=O)OC1(C)CCCC1)C(C)(C)C)C(=O)NS(=O)(=O)C1CC1.C=C[C@@H]1C[C@]1(CC(=O)[C@@H]1C[C@@H](Oc2nccc3cc(OC)ccc23)CN1C(=O)[C@@H](N)C(C)(C)C)C(=O)NS(=O)(=O)C1CC1.CC1(O)CCCC1. The number of aromatic nitrogens is 2. The molecule has 0 bridgehead atoms. The third-order valence-corrected chi connectivity index (χ3v) is 25.6. The van der Waals surface area contributed by atoms with Crippen LogP contribution in [0.3, 0.4) is 0 Å². The average Bonchev–Trinajstić information content (AvgIpc) is 1.58. The number of sulfonamides is 2. The molecule has 0 spiro atoms. The van der Waals surface area contributed by atoms with Crippen LogP contribution >= 0.6 is 0 Å². The van der Waals surface area contributed by atoms with Crippen LogP contribution in [0.1, 0.15) is 177 Å². The zero-order valence-electron chi connectivity index (χ0n) is 60.6. The number of hydrogen-bond acceptors (Lipinski definition) is 20. The summed E-state index contributed by atoms with van der Waals surface area (Å²) in [4.78, 5) is 109. The Labute approximate surface area is 599 Å². The van der Waals surface area contributed by atoms with Gasteiger partial charge in [-0.2, -0.15) is 0 Å². The first kappa shape index (κ1) is 77.1. The number of ketones is 2. The number of methoxy groups -OCH3 is 2. The molecule has 0 unspecified atom stereocenters. The summed E-state index contributed by atoms with van der Waals surface area (Å²) >= 11 is 0. The van der Waals surface area contributed by atoms with Crippen molar-refractivity contribution < 1.29 is 79.2 Å². The third-order valence-electron chi connectivity index (χ3n) is 22.0. The summed E-state index contributed by atoms with van der Waals surface area (Å²) in [7, 11) is -4.47. The molecule has 2 aromatic heterocycles. The summed E-state index contributed by atoms with van der Waals surface area (Å²) in [6, 6.07) is 11.9. The molecule has 26 heteroatoms. The van der Waals surface area contributed by atoms with Crippen molar-refractivity contribution >= 4 is 82.8 Å². The van der Waals surface area contributed by atoms with Gasteiger partial charge in [0, 0.05) is 48.8 Å². The molecule has 4 aromatic rings. The normalized spacial score (nSPS) is 26.2. The van der Waals surface area contributed by atoms with E-state index in [4.69, 9.17) is 29.4 Å². The van der Waals surface area contributed by atoms with Crippen molar-refractivity contribution in [3.05, 3.63) is 86.2 Å². The second kappa shape index (κ2) is 29.9. The summed E-state index contributed by atoms with van der Waals surface area (Å²) in [5.41, 5.74) is 1.75. The number of fused-ring (bicyclic) bond motifs is 2. The lowest BCUT2D eigenvalue weighted by atomic mass is 9.77. The van der Waals surface area contributed by atoms with Crippen molar-refractivity contribution in [2.24, 2.45) is 45.1 Å². The molecular weight excluding hydrogens is 1350 g/mol. The number of aliphatic hydroxyl groups is 1. The first-order valence-corrected chi connectivity index (χ1v) is 38.9. The van der Waals surface area contributed by atoms with Gasteiger partial charge in [0.05, 0.1) is 84.7 Å². The molecule has 6 saturated carbocycles. The Bertz CT molecular complexity index is 4110. The molecule has 8 aliphatic rings. The monoisotopic (exact) mass is 1450 g/mol. The predicted octanol–water partition coefficient (Wildman–Crippen LogP) is 9.32. The lowest BCUT2D eigenvalue weighted by Gasteiger charge is -2.35. The number of nitrogens with zero attached hydrogens (tertiary/aromatic N) is 4. The van der Waals surface area contributed by atoms with Gasteiger partial charge in [-0.15, -0.1) is 13.2 Å². The molecule has 2 saturated heterocycles. The molecule has 10 atom stereocenters. The van der Waals surface area contributed by atoms with Crippen LogP contribution in [0.5, 0.6) is 23.3 Å². The highest BCUT2D eigenvalue weighted by Crippen LogP contribution is 2.58. The number of carbonyl (C=O) groups excluding carboxylic acids is 7. The van der Waals surface area contributed by atoms with Crippen molar-refractivity contribution in [3.8, 4) is 23.3 Å². The van der Waals surface area contributed by atoms with Crippen LogP contribution in [-0.2, 0) is 58.3 Å². The quantitative estimate of drug-likeness (QED) is 0.0354. The van der Waals surface area contributed by atoms with E-state index in [-0.39, 0.29) is 80.6 Å². The molecule has 0 radical (unpaired) electrons. The Morgan fingerprint density at radius 1 is 0.637 bits per heavy atom. The highest BCUT2D eigenvalue weighted by molar-refractivity contribution is 7.91. The summed E-state index contributed by atoms with van der Waals surface area (Å²) in [5, 5.41) is 11.2. The van der Waals surface area contributed by atoms with Crippen molar-refractivity contribution in [3.63, 3.8) is 0 Å². The fraction of sp³-hybridized carbons (Fsp3) is 0.618. The molecule has 2 aromatic carbocycles. The number of Topliss-reactive ketones (excluding diaryl/α,β-unsaturated/α-hetero) is 2. The maximum absolute atomic E-state index is 14.7. The largest absolute Gasteiger partial charge is 0.497 e.